The molecule has 3 N–H and O–H groups in total. The first-order valence-electron chi connectivity index (χ1n) is 4.78. The van der Waals surface area contributed by atoms with Crippen LogP contribution in [-0.4, -0.2) is 58.2 Å². The van der Waals surface area contributed by atoms with E-state index in [4.69, 9.17) is 10.2 Å². The summed E-state index contributed by atoms with van der Waals surface area (Å²) >= 11 is 0. The molecule has 0 saturated carbocycles. The first kappa shape index (κ1) is 17.3. The Bertz CT molecular complexity index is 407. The molecule has 11 heteroatoms. The Morgan fingerprint density at radius 2 is 1.25 bits per heavy atom. The number of aliphatic hydroxyl groups is 1. The van der Waals surface area contributed by atoms with Gasteiger partial charge in [0, 0.05) is 0 Å². The Morgan fingerprint density at radius 3 is 1.50 bits per heavy atom. The average Bonchev–Trinajstić information content (AvgIpc) is 2.24. The molecule has 0 heterocycles. The summed E-state index contributed by atoms with van der Waals surface area (Å²) in [5.74, 6) is -4.57. The zero-order valence-electron chi connectivity index (χ0n) is 10.0. The van der Waals surface area contributed by atoms with Gasteiger partial charge >= 0.3 is 30.2 Å². The summed E-state index contributed by atoms with van der Waals surface area (Å²) in [7, 11) is 0.818. The number of carboxylic acid groups (broad SMARTS) is 2. The molecule has 0 atom stereocenters. The Morgan fingerprint density at radius 1 is 0.900 bits per heavy atom. The summed E-state index contributed by atoms with van der Waals surface area (Å²) in [5.41, 5.74) is -2.81. The second kappa shape index (κ2) is 7.04. The van der Waals surface area contributed by atoms with Crippen LogP contribution in [0.5, 0.6) is 0 Å². The van der Waals surface area contributed by atoms with Crippen LogP contribution in [-0.2, 0) is 28.6 Å². The summed E-state index contributed by atoms with van der Waals surface area (Å²) in [6.07, 6.45) is -6.48. The van der Waals surface area contributed by atoms with E-state index in [0.29, 0.717) is 0 Å². The lowest BCUT2D eigenvalue weighted by Gasteiger charge is -2.22. The predicted octanol–water partition coefficient (Wildman–Crippen LogP) is -0.887. The van der Waals surface area contributed by atoms with E-state index in [2.05, 4.69) is 14.2 Å². The van der Waals surface area contributed by atoms with Crippen molar-refractivity contribution in [2.45, 2.75) is 18.4 Å². The van der Waals surface area contributed by atoms with Crippen molar-refractivity contribution in [3.05, 3.63) is 0 Å². The van der Waals surface area contributed by atoms with Crippen molar-refractivity contribution in [2.75, 3.05) is 7.11 Å². The van der Waals surface area contributed by atoms with Crippen LogP contribution in [0, 0.1) is 0 Å². The highest BCUT2D eigenvalue weighted by atomic mass is 16.7. The standard InChI is InChI=1S/C9H10O11/c1-18-6(12)9(17,2-4(10)19-7(13)14)3-5(11)20-8(15)16/h17H,2-3H2,1H3,(H,13,14)(H,15,16). The number of carbonyl (C=O) groups excluding carboxylic acids is 3. The highest BCUT2D eigenvalue weighted by Gasteiger charge is 2.43. The van der Waals surface area contributed by atoms with Crippen molar-refractivity contribution in [1.29, 1.82) is 0 Å². The first-order valence-corrected chi connectivity index (χ1v) is 4.78. The topological polar surface area (TPSA) is 174 Å². The molecule has 20 heavy (non-hydrogen) atoms. The lowest BCUT2D eigenvalue weighted by atomic mass is 9.96. The van der Waals surface area contributed by atoms with Crippen LogP contribution < -0.4 is 0 Å². The Hall–Kier alpha value is -2.69. The van der Waals surface area contributed by atoms with Gasteiger partial charge in [0.05, 0.1) is 20.0 Å². The van der Waals surface area contributed by atoms with Gasteiger partial charge < -0.3 is 29.5 Å². The third-order valence-electron chi connectivity index (χ3n) is 1.84. The van der Waals surface area contributed by atoms with Crippen LogP contribution in [0.15, 0.2) is 0 Å². The summed E-state index contributed by atoms with van der Waals surface area (Å²) in [4.78, 5) is 53.6. The molecule has 0 aliphatic carbocycles. The van der Waals surface area contributed by atoms with Crippen molar-refractivity contribution in [3.8, 4) is 0 Å². The Kier molecular flexibility index (Phi) is 6.09. The molecule has 0 spiro atoms. The van der Waals surface area contributed by atoms with E-state index in [-0.39, 0.29) is 0 Å². The molecule has 0 amide bonds. The van der Waals surface area contributed by atoms with E-state index in [1.807, 2.05) is 0 Å². The van der Waals surface area contributed by atoms with Gasteiger partial charge in [-0.3, -0.25) is 9.59 Å². The molecule has 0 unspecified atom stereocenters. The second-order valence-corrected chi connectivity index (χ2v) is 3.36. The monoisotopic (exact) mass is 294 g/mol. The quantitative estimate of drug-likeness (QED) is 0.326. The molecule has 0 radical (unpaired) electrons. The van der Waals surface area contributed by atoms with Crippen molar-refractivity contribution in [1.82, 2.24) is 0 Å². The smallest absolute Gasteiger partial charge is 0.467 e. The highest BCUT2D eigenvalue weighted by molar-refractivity contribution is 5.93. The zero-order valence-corrected chi connectivity index (χ0v) is 10.0. The number of esters is 3. The Balaban J connectivity index is 4.96. The Labute approximate surface area is 110 Å². The number of hydrogen-bond acceptors (Lipinski definition) is 9. The lowest BCUT2D eigenvalue weighted by molar-refractivity contribution is -0.173. The van der Waals surface area contributed by atoms with Crippen LogP contribution in [0.2, 0.25) is 0 Å². The zero-order chi connectivity index (χ0) is 15.9. The molecule has 11 nitrogen and oxygen atoms in total. The number of methoxy groups -OCH3 is 1. The summed E-state index contributed by atoms with van der Waals surface area (Å²) < 4.78 is 11.4. The van der Waals surface area contributed by atoms with E-state index < -0.39 is 48.7 Å². The van der Waals surface area contributed by atoms with Gasteiger partial charge in [0.2, 0.25) is 0 Å². The van der Waals surface area contributed by atoms with Gasteiger partial charge in [-0.15, -0.1) is 0 Å². The molecular formula is C9H10O11. The van der Waals surface area contributed by atoms with Crippen LogP contribution in [0.4, 0.5) is 9.59 Å². The molecule has 0 rings (SSSR count). The lowest BCUT2D eigenvalue weighted by Crippen LogP contribution is -2.44. The molecular weight excluding hydrogens is 284 g/mol. The van der Waals surface area contributed by atoms with Gasteiger partial charge in [-0.2, -0.15) is 0 Å². The number of carbonyl (C=O) groups is 5. The first-order chi connectivity index (χ1) is 9.10. The van der Waals surface area contributed by atoms with Gasteiger partial charge in [-0.1, -0.05) is 0 Å². The summed E-state index contributed by atoms with van der Waals surface area (Å²) in [5, 5.41) is 26.1. The molecule has 0 saturated heterocycles. The fourth-order valence-corrected chi connectivity index (χ4v) is 1.14. The van der Waals surface area contributed by atoms with Crippen LogP contribution in [0.25, 0.3) is 0 Å². The molecule has 0 aliphatic rings. The van der Waals surface area contributed by atoms with E-state index in [1.165, 1.54) is 0 Å². The normalized spacial score (nSPS) is 10.3. The maximum atomic E-state index is 11.3. The third kappa shape index (κ3) is 5.77. The van der Waals surface area contributed by atoms with Crippen molar-refractivity contribution in [2.24, 2.45) is 0 Å². The number of hydrogen-bond donors (Lipinski definition) is 3. The van der Waals surface area contributed by atoms with Crippen LogP contribution in [0.1, 0.15) is 12.8 Å². The molecule has 0 fully saturated rings. The largest absolute Gasteiger partial charge is 0.513 e. The van der Waals surface area contributed by atoms with Crippen molar-refractivity contribution < 1.29 is 53.5 Å². The van der Waals surface area contributed by atoms with Crippen LogP contribution >= 0.6 is 0 Å². The average molecular weight is 294 g/mol. The number of rotatable bonds is 5. The van der Waals surface area contributed by atoms with E-state index in [1.54, 1.807) is 0 Å². The molecule has 0 aliphatic heterocycles. The van der Waals surface area contributed by atoms with Gasteiger partial charge in [0.1, 0.15) is 0 Å². The van der Waals surface area contributed by atoms with Gasteiger partial charge in [0.15, 0.2) is 5.60 Å². The van der Waals surface area contributed by atoms with E-state index in [9.17, 15) is 29.1 Å². The second-order valence-electron chi connectivity index (χ2n) is 3.36. The molecule has 0 aromatic heterocycles. The molecule has 0 aromatic carbocycles. The number of ether oxygens (including phenoxy) is 3. The minimum atomic E-state index is -2.81. The molecule has 0 bridgehead atoms. The van der Waals surface area contributed by atoms with Crippen LogP contribution in [0.3, 0.4) is 0 Å². The summed E-state index contributed by atoms with van der Waals surface area (Å²) in [6, 6.07) is 0. The molecule has 0 aromatic rings. The minimum absolute atomic E-state index is 0.818. The third-order valence-corrected chi connectivity index (χ3v) is 1.84. The maximum absolute atomic E-state index is 11.3. The fraction of sp³-hybridized carbons (Fsp3) is 0.444. The van der Waals surface area contributed by atoms with Gasteiger partial charge in [-0.05, 0) is 0 Å². The molecule has 112 valence electrons. The maximum Gasteiger partial charge on any atom is 0.513 e. The SMILES string of the molecule is COC(=O)C(O)(CC(=O)OC(=O)O)CC(=O)OC(=O)O. The highest BCUT2D eigenvalue weighted by Crippen LogP contribution is 2.19. The predicted molar refractivity (Wildman–Crippen MR) is 54.4 cm³/mol. The van der Waals surface area contributed by atoms with Crippen molar-refractivity contribution in [3.63, 3.8) is 0 Å². The van der Waals surface area contributed by atoms with Gasteiger partial charge in [0.25, 0.3) is 0 Å². The minimum Gasteiger partial charge on any atom is -0.467 e. The van der Waals surface area contributed by atoms with E-state index >= 15 is 0 Å². The van der Waals surface area contributed by atoms with Crippen molar-refractivity contribution >= 4 is 30.2 Å². The summed E-state index contributed by atoms with van der Waals surface area (Å²) in [6.45, 7) is 0. The fourth-order valence-electron chi connectivity index (χ4n) is 1.14. The van der Waals surface area contributed by atoms with E-state index in [0.717, 1.165) is 7.11 Å². The van der Waals surface area contributed by atoms with Gasteiger partial charge in [-0.25, -0.2) is 14.4 Å².